The Labute approximate surface area is 163 Å². The zero-order chi connectivity index (χ0) is 20.8. The van der Waals surface area contributed by atoms with Crippen LogP contribution in [-0.2, 0) is 11.3 Å². The number of carbonyl (C=O) groups is 1. The molecule has 1 amide bonds. The van der Waals surface area contributed by atoms with Crippen molar-refractivity contribution in [2.45, 2.75) is 13.0 Å². The van der Waals surface area contributed by atoms with Crippen molar-refractivity contribution < 1.29 is 19.4 Å². The van der Waals surface area contributed by atoms with E-state index in [1.165, 1.54) is 41.3 Å². The number of nitro benzene ring substituents is 1. The molecule has 29 heavy (non-hydrogen) atoms. The molecule has 0 atom stereocenters. The predicted octanol–water partition coefficient (Wildman–Crippen LogP) is 2.92. The van der Waals surface area contributed by atoms with Crippen LogP contribution in [0.5, 0.6) is 11.5 Å². The van der Waals surface area contributed by atoms with Crippen molar-refractivity contribution >= 4 is 23.1 Å². The van der Waals surface area contributed by atoms with Gasteiger partial charge in [0.05, 0.1) is 46.8 Å². The molecule has 12 heteroatoms. The summed E-state index contributed by atoms with van der Waals surface area (Å²) >= 11 is 0. The first kappa shape index (κ1) is 19.4. The van der Waals surface area contributed by atoms with E-state index in [9.17, 15) is 25.0 Å². The van der Waals surface area contributed by atoms with Crippen LogP contribution in [0.15, 0.2) is 55.0 Å². The van der Waals surface area contributed by atoms with Crippen LogP contribution in [0.4, 0.5) is 17.2 Å². The van der Waals surface area contributed by atoms with Gasteiger partial charge in [-0.2, -0.15) is 4.68 Å². The van der Waals surface area contributed by atoms with Gasteiger partial charge in [-0.05, 0) is 17.1 Å². The Hall–Kier alpha value is -4.35. The molecule has 2 heterocycles. The molecule has 0 spiro atoms. The minimum absolute atomic E-state index is 0.0413. The van der Waals surface area contributed by atoms with Crippen LogP contribution in [-0.4, -0.2) is 30.5 Å². The number of benzene rings is 1. The van der Waals surface area contributed by atoms with Gasteiger partial charge in [0, 0.05) is 24.8 Å². The number of aromatic nitrogens is 3. The Balaban J connectivity index is 1.68. The number of anilines is 1. The monoisotopic (exact) mass is 398 g/mol. The van der Waals surface area contributed by atoms with E-state index in [0.717, 1.165) is 0 Å². The molecule has 0 bridgehead atoms. The van der Waals surface area contributed by atoms with Gasteiger partial charge in [0.2, 0.25) is 5.91 Å². The number of hydrogen-bond donors (Lipinski definition) is 1. The number of nitro groups is 2. The average molecular weight is 398 g/mol. The Bertz CT molecular complexity index is 1050. The van der Waals surface area contributed by atoms with Crippen molar-refractivity contribution in [2.24, 2.45) is 0 Å². The summed E-state index contributed by atoms with van der Waals surface area (Å²) in [6.45, 7) is 0.105. The molecule has 0 saturated heterocycles. The standard InChI is InChI=1S/C17H14N6O6/c24-17(4-7-21-6-3-16(20-21)23(27)28)19-12-8-13(22(25)26)10-15(9-12)29-14-2-1-5-18-11-14/h1-3,5-6,8-11H,4,7H2,(H,19,24). The molecule has 3 aromatic rings. The summed E-state index contributed by atoms with van der Waals surface area (Å²) in [6.07, 6.45) is 4.35. The molecule has 12 nitrogen and oxygen atoms in total. The highest BCUT2D eigenvalue weighted by molar-refractivity contribution is 5.91. The Morgan fingerprint density at radius 3 is 2.62 bits per heavy atom. The summed E-state index contributed by atoms with van der Waals surface area (Å²) in [5, 5.41) is 28.1. The quantitative estimate of drug-likeness (QED) is 0.448. The maximum absolute atomic E-state index is 12.2. The van der Waals surface area contributed by atoms with E-state index < -0.39 is 15.8 Å². The number of non-ortho nitro benzene ring substituents is 1. The third-order valence-corrected chi connectivity index (χ3v) is 3.64. The number of rotatable bonds is 8. The van der Waals surface area contributed by atoms with E-state index in [1.807, 2.05) is 0 Å². The van der Waals surface area contributed by atoms with E-state index in [4.69, 9.17) is 4.74 Å². The Morgan fingerprint density at radius 2 is 1.97 bits per heavy atom. The van der Waals surface area contributed by atoms with E-state index in [1.54, 1.807) is 18.3 Å². The van der Waals surface area contributed by atoms with Gasteiger partial charge in [-0.15, -0.1) is 0 Å². The molecule has 0 aliphatic rings. The van der Waals surface area contributed by atoms with Crippen molar-refractivity contribution in [2.75, 3.05) is 5.32 Å². The number of amides is 1. The van der Waals surface area contributed by atoms with Crippen molar-refractivity contribution in [3.8, 4) is 11.5 Å². The first-order valence-electron chi connectivity index (χ1n) is 8.26. The average Bonchev–Trinajstić information content (AvgIpc) is 3.16. The summed E-state index contributed by atoms with van der Waals surface area (Å²) in [4.78, 5) is 36.6. The lowest BCUT2D eigenvalue weighted by Gasteiger charge is -2.09. The summed E-state index contributed by atoms with van der Waals surface area (Å²) in [6, 6.07) is 8.37. The summed E-state index contributed by atoms with van der Waals surface area (Å²) < 4.78 is 6.82. The predicted molar refractivity (Wildman–Crippen MR) is 99.5 cm³/mol. The fourth-order valence-corrected chi connectivity index (χ4v) is 2.38. The normalized spacial score (nSPS) is 10.3. The lowest BCUT2D eigenvalue weighted by molar-refractivity contribution is -0.389. The third-order valence-electron chi connectivity index (χ3n) is 3.64. The highest BCUT2D eigenvalue weighted by atomic mass is 16.6. The highest BCUT2D eigenvalue weighted by Gasteiger charge is 2.15. The van der Waals surface area contributed by atoms with Gasteiger partial charge in [-0.25, -0.2) is 0 Å². The summed E-state index contributed by atoms with van der Waals surface area (Å²) in [5.41, 5.74) is -0.0843. The number of carbonyl (C=O) groups excluding carboxylic acids is 1. The second-order valence-electron chi connectivity index (χ2n) is 5.76. The molecule has 0 radical (unpaired) electrons. The zero-order valence-corrected chi connectivity index (χ0v) is 14.8. The highest BCUT2D eigenvalue weighted by Crippen LogP contribution is 2.29. The molecule has 1 aromatic carbocycles. The Kier molecular flexibility index (Phi) is 5.73. The van der Waals surface area contributed by atoms with Crippen LogP contribution < -0.4 is 10.1 Å². The molecule has 3 rings (SSSR count). The summed E-state index contributed by atoms with van der Waals surface area (Å²) in [7, 11) is 0. The Morgan fingerprint density at radius 1 is 1.14 bits per heavy atom. The van der Waals surface area contributed by atoms with E-state index in [2.05, 4.69) is 15.4 Å². The topological polar surface area (TPSA) is 155 Å². The number of nitrogens with zero attached hydrogens (tertiary/aromatic N) is 5. The fraction of sp³-hybridized carbons (Fsp3) is 0.118. The second kappa shape index (κ2) is 8.56. The molecule has 0 fully saturated rings. The first-order valence-corrected chi connectivity index (χ1v) is 8.26. The van der Waals surface area contributed by atoms with Gasteiger partial charge < -0.3 is 20.2 Å². The molecule has 2 aromatic heterocycles. The second-order valence-corrected chi connectivity index (χ2v) is 5.76. The van der Waals surface area contributed by atoms with E-state index in [-0.39, 0.29) is 35.9 Å². The van der Waals surface area contributed by atoms with Gasteiger partial charge in [-0.1, -0.05) is 0 Å². The molecule has 0 unspecified atom stereocenters. The van der Waals surface area contributed by atoms with Crippen molar-refractivity contribution in [1.82, 2.24) is 14.8 Å². The largest absolute Gasteiger partial charge is 0.455 e. The van der Waals surface area contributed by atoms with Gasteiger partial charge in [-0.3, -0.25) is 19.9 Å². The van der Waals surface area contributed by atoms with E-state index in [0.29, 0.717) is 5.75 Å². The van der Waals surface area contributed by atoms with Crippen LogP contribution in [0.1, 0.15) is 6.42 Å². The maximum Gasteiger partial charge on any atom is 0.389 e. The number of hydrogen-bond acceptors (Lipinski definition) is 8. The van der Waals surface area contributed by atoms with Crippen LogP contribution >= 0.6 is 0 Å². The van der Waals surface area contributed by atoms with Crippen LogP contribution in [0.25, 0.3) is 0 Å². The van der Waals surface area contributed by atoms with Gasteiger partial charge in [0.15, 0.2) is 0 Å². The van der Waals surface area contributed by atoms with Crippen LogP contribution in [0.3, 0.4) is 0 Å². The fourth-order valence-electron chi connectivity index (χ4n) is 2.38. The number of pyridine rings is 1. The van der Waals surface area contributed by atoms with Crippen LogP contribution in [0.2, 0.25) is 0 Å². The zero-order valence-electron chi connectivity index (χ0n) is 14.8. The lowest BCUT2D eigenvalue weighted by atomic mass is 10.2. The smallest absolute Gasteiger partial charge is 0.389 e. The number of nitrogens with one attached hydrogen (secondary N) is 1. The first-order chi connectivity index (χ1) is 13.9. The van der Waals surface area contributed by atoms with Gasteiger partial charge >= 0.3 is 5.82 Å². The van der Waals surface area contributed by atoms with Gasteiger partial charge in [0.1, 0.15) is 11.5 Å². The molecule has 0 saturated carbocycles. The molecular formula is C17H14N6O6. The SMILES string of the molecule is O=C(CCn1ccc([N+](=O)[O-])n1)Nc1cc(Oc2cccnc2)cc([N+](=O)[O-])c1. The molecular weight excluding hydrogens is 384 g/mol. The minimum Gasteiger partial charge on any atom is -0.455 e. The van der Waals surface area contributed by atoms with Crippen molar-refractivity contribution in [3.63, 3.8) is 0 Å². The van der Waals surface area contributed by atoms with E-state index >= 15 is 0 Å². The molecule has 1 N–H and O–H groups in total. The summed E-state index contributed by atoms with van der Waals surface area (Å²) in [5.74, 6) is -0.229. The molecule has 0 aliphatic heterocycles. The molecule has 148 valence electrons. The van der Waals surface area contributed by atoms with Gasteiger partial charge in [0.25, 0.3) is 5.69 Å². The maximum atomic E-state index is 12.2. The number of ether oxygens (including phenoxy) is 1. The minimum atomic E-state index is -0.635. The van der Waals surface area contributed by atoms with Crippen LogP contribution in [0, 0.1) is 20.2 Å². The number of aryl methyl sites for hydroxylation is 1. The van der Waals surface area contributed by atoms with Crippen molar-refractivity contribution in [1.29, 1.82) is 0 Å². The molecule has 0 aliphatic carbocycles. The lowest BCUT2D eigenvalue weighted by Crippen LogP contribution is -2.15. The third kappa shape index (κ3) is 5.32. The van der Waals surface area contributed by atoms with Crippen molar-refractivity contribution in [3.05, 3.63) is 75.2 Å².